The summed E-state index contributed by atoms with van der Waals surface area (Å²) in [5.74, 6) is -1.51. The van der Waals surface area contributed by atoms with Crippen LogP contribution in [0.1, 0.15) is 13.3 Å². The Morgan fingerprint density at radius 1 is 1.58 bits per heavy atom. The molecule has 0 aliphatic heterocycles. The van der Waals surface area contributed by atoms with Crippen LogP contribution in [0.15, 0.2) is 0 Å². The first-order valence-corrected chi connectivity index (χ1v) is 7.75. The molecule has 0 amide bonds. The first-order chi connectivity index (χ1) is 5.26. The largest absolute Gasteiger partial charge is 0.433 e. The zero-order chi connectivity index (χ0) is 9.57. The Balaban J connectivity index is 2.54. The van der Waals surface area contributed by atoms with Crippen molar-refractivity contribution in [1.82, 2.24) is 0 Å². The van der Waals surface area contributed by atoms with Gasteiger partial charge in [0.2, 0.25) is 5.79 Å². The summed E-state index contributed by atoms with van der Waals surface area (Å²) in [6, 6.07) is 0. The maximum atomic E-state index is 10.6. The van der Waals surface area contributed by atoms with Crippen LogP contribution in [0, 0.1) is 0 Å². The first-order valence-electron chi connectivity index (χ1n) is 4.18. The van der Waals surface area contributed by atoms with Gasteiger partial charge in [-0.25, -0.2) is 0 Å². The summed E-state index contributed by atoms with van der Waals surface area (Å²) in [7, 11) is -1.35. The van der Waals surface area contributed by atoms with E-state index < -0.39 is 19.8 Å². The van der Waals surface area contributed by atoms with Crippen molar-refractivity contribution in [3.05, 3.63) is 0 Å². The van der Waals surface area contributed by atoms with Crippen LogP contribution in [0.2, 0.25) is 25.2 Å². The number of aliphatic hydroxyl groups is 1. The number of rotatable bonds is 2. The monoisotopic (exact) mass is 188 g/mol. The predicted molar refractivity (Wildman–Crippen MR) is 48.4 cm³/mol. The second-order valence-electron chi connectivity index (χ2n) is 4.56. The molecule has 0 aromatic carbocycles. The van der Waals surface area contributed by atoms with Crippen molar-refractivity contribution in [2.75, 3.05) is 0 Å². The maximum absolute atomic E-state index is 10.6. The molecule has 1 aliphatic carbocycles. The van der Waals surface area contributed by atoms with E-state index in [-0.39, 0.29) is 5.54 Å². The summed E-state index contributed by atoms with van der Waals surface area (Å²) in [6.45, 7) is 7.83. The summed E-state index contributed by atoms with van der Waals surface area (Å²) in [5.41, 5.74) is 0.217. The number of esters is 1. The number of hydrogen-bond acceptors (Lipinski definition) is 3. The maximum Gasteiger partial charge on any atom is 0.305 e. The molecule has 1 rings (SSSR count). The topological polar surface area (TPSA) is 46.5 Å². The molecule has 0 heterocycles. The van der Waals surface area contributed by atoms with Gasteiger partial charge in [-0.3, -0.25) is 4.79 Å². The molecule has 0 bridgehead atoms. The molecule has 0 aromatic heterocycles. The summed E-state index contributed by atoms with van der Waals surface area (Å²) in [4.78, 5) is 10.6. The summed E-state index contributed by atoms with van der Waals surface area (Å²) in [6.07, 6.45) is 0.627. The van der Waals surface area contributed by atoms with Crippen LogP contribution >= 0.6 is 0 Å². The highest BCUT2D eigenvalue weighted by Crippen LogP contribution is 2.55. The Morgan fingerprint density at radius 3 is 2.33 bits per heavy atom. The molecule has 0 spiro atoms. The van der Waals surface area contributed by atoms with Crippen molar-refractivity contribution >= 4 is 14.0 Å². The molecule has 70 valence electrons. The van der Waals surface area contributed by atoms with E-state index >= 15 is 0 Å². The third kappa shape index (κ3) is 1.87. The van der Waals surface area contributed by atoms with Gasteiger partial charge in [-0.05, 0) is 0 Å². The van der Waals surface area contributed by atoms with Gasteiger partial charge in [0.1, 0.15) is 0 Å². The standard InChI is InChI=1S/C8H16O3Si/c1-6(9)11-8(10)5-7(8)12(2,3)4/h7,10H,5H2,1-4H3. The van der Waals surface area contributed by atoms with Crippen LogP contribution in [-0.4, -0.2) is 24.9 Å². The summed E-state index contributed by atoms with van der Waals surface area (Å²) < 4.78 is 4.84. The Kier molecular flexibility index (Phi) is 2.08. The fraction of sp³-hybridized carbons (Fsp3) is 0.875. The van der Waals surface area contributed by atoms with Crippen molar-refractivity contribution < 1.29 is 14.6 Å². The molecule has 0 radical (unpaired) electrons. The zero-order valence-electron chi connectivity index (χ0n) is 8.05. The van der Waals surface area contributed by atoms with Crippen molar-refractivity contribution in [3.63, 3.8) is 0 Å². The minimum absolute atomic E-state index is 0.217. The smallest absolute Gasteiger partial charge is 0.305 e. The van der Waals surface area contributed by atoms with E-state index in [1.54, 1.807) is 0 Å². The second kappa shape index (κ2) is 2.57. The Labute approximate surface area is 73.7 Å². The van der Waals surface area contributed by atoms with E-state index in [4.69, 9.17) is 4.74 Å². The van der Waals surface area contributed by atoms with E-state index in [2.05, 4.69) is 19.6 Å². The van der Waals surface area contributed by atoms with E-state index in [1.165, 1.54) is 6.92 Å². The van der Waals surface area contributed by atoms with Gasteiger partial charge in [0.05, 0.1) is 8.07 Å². The van der Waals surface area contributed by atoms with E-state index in [0.717, 1.165) is 0 Å². The molecule has 3 nitrogen and oxygen atoms in total. The lowest BCUT2D eigenvalue weighted by molar-refractivity contribution is -0.172. The molecular formula is C8H16O3Si. The SMILES string of the molecule is CC(=O)OC1(O)CC1[Si](C)(C)C. The van der Waals surface area contributed by atoms with Gasteiger partial charge in [-0.1, -0.05) is 19.6 Å². The van der Waals surface area contributed by atoms with Crippen LogP contribution in [0.25, 0.3) is 0 Å². The minimum atomic E-state index is -1.35. The second-order valence-corrected chi connectivity index (χ2v) is 9.99. The molecule has 1 aliphatic rings. The molecule has 1 saturated carbocycles. The Morgan fingerprint density at radius 2 is 2.08 bits per heavy atom. The molecule has 1 N–H and O–H groups in total. The van der Waals surface area contributed by atoms with E-state index in [9.17, 15) is 9.90 Å². The first kappa shape index (κ1) is 9.73. The third-order valence-corrected chi connectivity index (χ3v) is 4.99. The van der Waals surface area contributed by atoms with Gasteiger partial charge in [0, 0.05) is 18.9 Å². The number of carbonyl (C=O) groups is 1. The molecule has 0 aromatic rings. The summed E-state index contributed by atoms with van der Waals surface area (Å²) in [5, 5.41) is 9.69. The average molecular weight is 188 g/mol. The van der Waals surface area contributed by atoms with Crippen molar-refractivity contribution in [3.8, 4) is 0 Å². The highest BCUT2D eigenvalue weighted by molar-refractivity contribution is 6.78. The molecule has 2 atom stereocenters. The minimum Gasteiger partial charge on any atom is -0.433 e. The molecule has 2 unspecified atom stereocenters. The fourth-order valence-corrected chi connectivity index (χ4v) is 3.90. The van der Waals surface area contributed by atoms with Crippen LogP contribution in [0.5, 0.6) is 0 Å². The number of carbonyl (C=O) groups excluding carboxylic acids is 1. The number of ether oxygens (including phenoxy) is 1. The van der Waals surface area contributed by atoms with Gasteiger partial charge in [-0.15, -0.1) is 0 Å². The van der Waals surface area contributed by atoms with Crippen molar-refractivity contribution in [2.45, 2.75) is 44.3 Å². The van der Waals surface area contributed by atoms with Gasteiger partial charge in [0.15, 0.2) is 0 Å². The van der Waals surface area contributed by atoms with Crippen LogP contribution in [-0.2, 0) is 9.53 Å². The molecular weight excluding hydrogens is 172 g/mol. The van der Waals surface area contributed by atoms with E-state index in [1.807, 2.05) is 0 Å². The van der Waals surface area contributed by atoms with Crippen molar-refractivity contribution in [1.29, 1.82) is 0 Å². The lowest BCUT2D eigenvalue weighted by atomic mass is 10.7. The zero-order valence-corrected chi connectivity index (χ0v) is 9.05. The average Bonchev–Trinajstić information content (AvgIpc) is 2.37. The quantitative estimate of drug-likeness (QED) is 0.404. The van der Waals surface area contributed by atoms with Gasteiger partial charge < -0.3 is 9.84 Å². The van der Waals surface area contributed by atoms with E-state index in [0.29, 0.717) is 6.42 Å². The lowest BCUT2D eigenvalue weighted by Crippen LogP contribution is -2.29. The van der Waals surface area contributed by atoms with Crippen LogP contribution in [0.3, 0.4) is 0 Å². The fourth-order valence-electron chi connectivity index (χ4n) is 1.58. The van der Waals surface area contributed by atoms with Gasteiger partial charge in [-0.2, -0.15) is 0 Å². The van der Waals surface area contributed by atoms with Gasteiger partial charge >= 0.3 is 5.97 Å². The molecule has 4 heteroatoms. The molecule has 1 fully saturated rings. The number of hydrogen-bond donors (Lipinski definition) is 1. The van der Waals surface area contributed by atoms with Gasteiger partial charge in [0.25, 0.3) is 0 Å². The predicted octanol–water partition coefficient (Wildman–Crippen LogP) is 1.35. The highest BCUT2D eigenvalue weighted by atomic mass is 28.3. The highest BCUT2D eigenvalue weighted by Gasteiger charge is 2.62. The molecule has 0 saturated heterocycles. The lowest BCUT2D eigenvalue weighted by Gasteiger charge is -2.18. The van der Waals surface area contributed by atoms with Crippen LogP contribution < -0.4 is 0 Å². The van der Waals surface area contributed by atoms with Crippen molar-refractivity contribution in [2.24, 2.45) is 0 Å². The Bertz CT molecular complexity index is 209. The molecule has 12 heavy (non-hydrogen) atoms. The van der Waals surface area contributed by atoms with Crippen LogP contribution in [0.4, 0.5) is 0 Å². The Hall–Kier alpha value is -0.353. The third-order valence-electron chi connectivity index (χ3n) is 2.25. The normalized spacial score (nSPS) is 34.6. The summed E-state index contributed by atoms with van der Waals surface area (Å²) >= 11 is 0.